The normalized spacial score (nSPS) is 10.4. The lowest BCUT2D eigenvalue weighted by molar-refractivity contribution is 0.355. The van der Waals surface area contributed by atoms with Crippen LogP contribution in [0, 0.1) is 0 Å². The van der Waals surface area contributed by atoms with E-state index in [1.807, 2.05) is 42.5 Å². The summed E-state index contributed by atoms with van der Waals surface area (Å²) in [5, 5.41) is 0.359. The first-order valence-corrected chi connectivity index (χ1v) is 7.94. The largest absolute Gasteiger partial charge is 0.497 e. The molecule has 25 heavy (non-hydrogen) atoms. The van der Waals surface area contributed by atoms with E-state index in [4.69, 9.17) is 25.8 Å². The number of hydrogen-bond donors (Lipinski definition) is 0. The van der Waals surface area contributed by atoms with E-state index >= 15 is 0 Å². The van der Waals surface area contributed by atoms with E-state index in [0.717, 1.165) is 16.9 Å². The summed E-state index contributed by atoms with van der Waals surface area (Å²) in [4.78, 5) is 8.96. The second kappa shape index (κ2) is 7.40. The van der Waals surface area contributed by atoms with Crippen molar-refractivity contribution in [2.24, 2.45) is 0 Å². The summed E-state index contributed by atoms with van der Waals surface area (Å²) in [6, 6.07) is 14.8. The lowest BCUT2D eigenvalue weighted by Crippen LogP contribution is -1.95. The monoisotopic (exact) mass is 356 g/mol. The minimum atomic E-state index is 0.359. The molecule has 0 saturated heterocycles. The number of methoxy groups -OCH3 is 3. The first kappa shape index (κ1) is 17.0. The van der Waals surface area contributed by atoms with Crippen molar-refractivity contribution in [3.63, 3.8) is 0 Å². The first-order chi connectivity index (χ1) is 12.1. The third-order valence-corrected chi connectivity index (χ3v) is 3.90. The van der Waals surface area contributed by atoms with Gasteiger partial charge >= 0.3 is 0 Å². The van der Waals surface area contributed by atoms with E-state index < -0.39 is 0 Å². The smallest absolute Gasteiger partial charge is 0.161 e. The van der Waals surface area contributed by atoms with Crippen LogP contribution in [0.1, 0.15) is 0 Å². The highest BCUT2D eigenvalue weighted by atomic mass is 35.5. The minimum absolute atomic E-state index is 0.359. The van der Waals surface area contributed by atoms with E-state index in [1.54, 1.807) is 27.4 Å². The van der Waals surface area contributed by atoms with Gasteiger partial charge in [-0.15, -0.1) is 0 Å². The number of benzene rings is 2. The zero-order valence-corrected chi connectivity index (χ0v) is 14.9. The number of ether oxygens (including phenoxy) is 3. The van der Waals surface area contributed by atoms with Crippen LogP contribution >= 0.6 is 11.6 Å². The van der Waals surface area contributed by atoms with Gasteiger partial charge in [0.2, 0.25) is 0 Å². The molecule has 0 N–H and O–H groups in total. The van der Waals surface area contributed by atoms with Crippen LogP contribution in [-0.2, 0) is 0 Å². The van der Waals surface area contributed by atoms with Crippen LogP contribution in [0.2, 0.25) is 5.15 Å². The van der Waals surface area contributed by atoms with Gasteiger partial charge in [0.05, 0.1) is 27.0 Å². The molecule has 0 aliphatic rings. The molecule has 2 aromatic carbocycles. The van der Waals surface area contributed by atoms with Gasteiger partial charge in [0, 0.05) is 17.2 Å². The molecule has 0 fully saturated rings. The van der Waals surface area contributed by atoms with Crippen molar-refractivity contribution in [1.29, 1.82) is 0 Å². The molecule has 0 bridgehead atoms. The molecule has 3 rings (SSSR count). The third kappa shape index (κ3) is 3.67. The second-order valence-electron chi connectivity index (χ2n) is 5.20. The van der Waals surface area contributed by atoms with Gasteiger partial charge in [0.15, 0.2) is 17.3 Å². The van der Waals surface area contributed by atoms with Crippen molar-refractivity contribution in [1.82, 2.24) is 9.97 Å². The molecular weight excluding hydrogens is 340 g/mol. The predicted octanol–water partition coefficient (Wildman–Crippen LogP) is 4.49. The Morgan fingerprint density at radius 3 is 2.28 bits per heavy atom. The summed E-state index contributed by atoms with van der Waals surface area (Å²) in [5.74, 6) is 2.50. The van der Waals surface area contributed by atoms with Gasteiger partial charge in [-0.3, -0.25) is 0 Å². The molecule has 0 aliphatic heterocycles. The molecule has 128 valence electrons. The summed E-state index contributed by atoms with van der Waals surface area (Å²) in [6.07, 6.45) is 0. The molecule has 0 spiro atoms. The number of aromatic nitrogens is 2. The number of nitrogens with zero attached hydrogens (tertiary/aromatic N) is 2. The number of rotatable bonds is 5. The van der Waals surface area contributed by atoms with Gasteiger partial charge in [-0.05, 0) is 30.3 Å². The fourth-order valence-corrected chi connectivity index (χ4v) is 2.64. The molecule has 3 aromatic rings. The van der Waals surface area contributed by atoms with E-state index in [2.05, 4.69) is 9.97 Å². The molecule has 1 heterocycles. The van der Waals surface area contributed by atoms with Crippen LogP contribution in [0.4, 0.5) is 0 Å². The van der Waals surface area contributed by atoms with Crippen molar-refractivity contribution in [2.45, 2.75) is 0 Å². The van der Waals surface area contributed by atoms with E-state index in [1.165, 1.54) is 0 Å². The topological polar surface area (TPSA) is 53.5 Å². The van der Waals surface area contributed by atoms with Crippen LogP contribution in [-0.4, -0.2) is 31.3 Å². The summed E-state index contributed by atoms with van der Waals surface area (Å²) < 4.78 is 15.9. The van der Waals surface area contributed by atoms with Crippen molar-refractivity contribution in [3.05, 3.63) is 53.7 Å². The lowest BCUT2D eigenvalue weighted by atomic mass is 10.1. The maximum atomic E-state index is 6.22. The number of halogens is 1. The first-order valence-electron chi connectivity index (χ1n) is 7.56. The van der Waals surface area contributed by atoms with Crippen LogP contribution in [0.15, 0.2) is 48.5 Å². The summed E-state index contributed by atoms with van der Waals surface area (Å²) in [6.45, 7) is 0. The molecule has 6 heteroatoms. The second-order valence-corrected chi connectivity index (χ2v) is 5.59. The Balaban J connectivity index is 2.08. The fourth-order valence-electron chi connectivity index (χ4n) is 2.45. The molecular formula is C19H17ClN2O3. The van der Waals surface area contributed by atoms with E-state index in [-0.39, 0.29) is 0 Å². The Morgan fingerprint density at radius 2 is 1.56 bits per heavy atom. The summed E-state index contributed by atoms with van der Waals surface area (Å²) >= 11 is 6.22. The Kier molecular flexibility index (Phi) is 5.05. The van der Waals surface area contributed by atoms with E-state index in [0.29, 0.717) is 28.2 Å². The van der Waals surface area contributed by atoms with Crippen LogP contribution < -0.4 is 14.2 Å². The SMILES string of the molecule is COc1cccc(-c2cc(Cl)nc(-c3ccc(OC)c(OC)c3)n2)c1. The molecule has 0 atom stereocenters. The van der Waals surface area contributed by atoms with Crippen molar-refractivity contribution < 1.29 is 14.2 Å². The molecule has 0 amide bonds. The fraction of sp³-hybridized carbons (Fsp3) is 0.158. The maximum Gasteiger partial charge on any atom is 0.161 e. The van der Waals surface area contributed by atoms with Gasteiger partial charge in [0.25, 0.3) is 0 Å². The van der Waals surface area contributed by atoms with Gasteiger partial charge in [-0.2, -0.15) is 0 Å². The Morgan fingerprint density at radius 1 is 0.760 bits per heavy atom. The Labute approximate surface area is 151 Å². The van der Waals surface area contributed by atoms with Gasteiger partial charge < -0.3 is 14.2 Å². The molecule has 0 saturated carbocycles. The van der Waals surface area contributed by atoms with Crippen molar-refractivity contribution in [3.8, 4) is 39.9 Å². The quantitative estimate of drug-likeness (QED) is 0.630. The van der Waals surface area contributed by atoms with Gasteiger partial charge in [-0.25, -0.2) is 9.97 Å². The maximum absolute atomic E-state index is 6.22. The number of hydrogen-bond acceptors (Lipinski definition) is 5. The standard InChI is InChI=1S/C19H17ClN2O3/c1-23-14-6-4-5-12(9-14)15-11-18(20)22-19(21-15)13-7-8-16(24-2)17(10-13)25-3/h4-11H,1-3H3. The third-order valence-electron chi connectivity index (χ3n) is 3.70. The molecule has 1 aromatic heterocycles. The Hall–Kier alpha value is -2.79. The summed E-state index contributed by atoms with van der Waals surface area (Å²) in [5.41, 5.74) is 2.39. The minimum Gasteiger partial charge on any atom is -0.497 e. The van der Waals surface area contributed by atoms with Crippen LogP contribution in [0.5, 0.6) is 17.2 Å². The Bertz CT molecular complexity index is 900. The highest BCUT2D eigenvalue weighted by Gasteiger charge is 2.11. The van der Waals surface area contributed by atoms with Gasteiger partial charge in [0.1, 0.15) is 10.9 Å². The molecule has 0 unspecified atom stereocenters. The van der Waals surface area contributed by atoms with Crippen LogP contribution in [0.3, 0.4) is 0 Å². The molecule has 5 nitrogen and oxygen atoms in total. The highest BCUT2D eigenvalue weighted by Crippen LogP contribution is 2.32. The predicted molar refractivity (Wildman–Crippen MR) is 97.6 cm³/mol. The zero-order chi connectivity index (χ0) is 17.8. The summed E-state index contributed by atoms with van der Waals surface area (Å²) in [7, 11) is 4.80. The average Bonchev–Trinajstić information content (AvgIpc) is 2.67. The molecule has 0 radical (unpaired) electrons. The van der Waals surface area contributed by atoms with Crippen LogP contribution in [0.25, 0.3) is 22.6 Å². The van der Waals surface area contributed by atoms with Gasteiger partial charge in [-0.1, -0.05) is 23.7 Å². The zero-order valence-electron chi connectivity index (χ0n) is 14.1. The highest BCUT2D eigenvalue weighted by molar-refractivity contribution is 6.29. The molecule has 0 aliphatic carbocycles. The van der Waals surface area contributed by atoms with Crippen molar-refractivity contribution >= 4 is 11.6 Å². The van der Waals surface area contributed by atoms with Crippen molar-refractivity contribution in [2.75, 3.05) is 21.3 Å². The average molecular weight is 357 g/mol. The lowest BCUT2D eigenvalue weighted by Gasteiger charge is -2.10. The van der Waals surface area contributed by atoms with E-state index in [9.17, 15) is 0 Å².